The minimum atomic E-state index is -0.451. The van der Waals surface area contributed by atoms with Crippen molar-refractivity contribution in [3.63, 3.8) is 0 Å². The number of carbonyl (C=O) groups is 1. The maximum atomic E-state index is 11.6. The number of amides is 1. The average molecular weight is 221 g/mol. The minimum absolute atomic E-state index is 0.0647. The first-order chi connectivity index (χ1) is 7.65. The summed E-state index contributed by atoms with van der Waals surface area (Å²) in [5.41, 5.74) is 1.04. The SMILES string of the molecule is CCCNC(=O)[C@@H](C)Oc1ccccc1C. The van der Waals surface area contributed by atoms with E-state index in [9.17, 15) is 4.79 Å². The van der Waals surface area contributed by atoms with Crippen molar-refractivity contribution in [3.8, 4) is 5.75 Å². The number of hydrogen-bond donors (Lipinski definition) is 1. The second-order valence-corrected chi connectivity index (χ2v) is 3.82. The molecule has 0 radical (unpaired) electrons. The van der Waals surface area contributed by atoms with E-state index in [-0.39, 0.29) is 5.91 Å². The highest BCUT2D eigenvalue weighted by Crippen LogP contribution is 2.17. The summed E-state index contributed by atoms with van der Waals surface area (Å²) in [5, 5.41) is 2.81. The lowest BCUT2D eigenvalue weighted by Gasteiger charge is -2.15. The molecule has 16 heavy (non-hydrogen) atoms. The van der Waals surface area contributed by atoms with Gasteiger partial charge in [0.2, 0.25) is 0 Å². The summed E-state index contributed by atoms with van der Waals surface area (Å²) in [6.45, 7) is 6.44. The lowest BCUT2D eigenvalue weighted by atomic mass is 10.2. The van der Waals surface area contributed by atoms with Crippen molar-refractivity contribution in [3.05, 3.63) is 29.8 Å². The number of nitrogens with one attached hydrogen (secondary N) is 1. The Kier molecular flexibility index (Phi) is 4.83. The van der Waals surface area contributed by atoms with Crippen LogP contribution in [0.5, 0.6) is 5.75 Å². The fourth-order valence-corrected chi connectivity index (χ4v) is 1.32. The number of aryl methyl sites for hydroxylation is 1. The quantitative estimate of drug-likeness (QED) is 0.828. The topological polar surface area (TPSA) is 38.3 Å². The maximum Gasteiger partial charge on any atom is 0.260 e. The Balaban J connectivity index is 2.54. The van der Waals surface area contributed by atoms with Gasteiger partial charge in [-0.15, -0.1) is 0 Å². The molecule has 88 valence electrons. The maximum absolute atomic E-state index is 11.6. The summed E-state index contributed by atoms with van der Waals surface area (Å²) in [7, 11) is 0. The summed E-state index contributed by atoms with van der Waals surface area (Å²) in [4.78, 5) is 11.6. The van der Waals surface area contributed by atoms with Crippen LogP contribution in [0.25, 0.3) is 0 Å². The molecule has 0 spiro atoms. The van der Waals surface area contributed by atoms with Gasteiger partial charge in [0.1, 0.15) is 5.75 Å². The molecule has 3 heteroatoms. The summed E-state index contributed by atoms with van der Waals surface area (Å²) in [6, 6.07) is 7.69. The summed E-state index contributed by atoms with van der Waals surface area (Å²) in [6.07, 6.45) is 0.482. The van der Waals surface area contributed by atoms with Crippen LogP contribution < -0.4 is 10.1 Å². The lowest BCUT2D eigenvalue weighted by Crippen LogP contribution is -2.36. The predicted molar refractivity (Wildman–Crippen MR) is 64.6 cm³/mol. The number of carbonyl (C=O) groups excluding carboxylic acids is 1. The summed E-state index contributed by atoms with van der Waals surface area (Å²) in [5.74, 6) is 0.701. The van der Waals surface area contributed by atoms with Crippen LogP contribution in [0.1, 0.15) is 25.8 Å². The van der Waals surface area contributed by atoms with Gasteiger partial charge in [-0.1, -0.05) is 25.1 Å². The van der Waals surface area contributed by atoms with Gasteiger partial charge in [-0.3, -0.25) is 4.79 Å². The van der Waals surface area contributed by atoms with Gasteiger partial charge in [0.25, 0.3) is 5.91 Å². The van der Waals surface area contributed by atoms with Crippen molar-refractivity contribution < 1.29 is 9.53 Å². The third-order valence-electron chi connectivity index (χ3n) is 2.32. The molecule has 0 unspecified atom stereocenters. The van der Waals surface area contributed by atoms with Crippen molar-refractivity contribution in [1.82, 2.24) is 5.32 Å². The van der Waals surface area contributed by atoms with Crippen molar-refractivity contribution in [2.24, 2.45) is 0 Å². The molecule has 0 aliphatic carbocycles. The molecule has 1 aromatic rings. The van der Waals surface area contributed by atoms with Crippen LogP contribution in [0.3, 0.4) is 0 Å². The van der Waals surface area contributed by atoms with E-state index in [2.05, 4.69) is 5.32 Å². The van der Waals surface area contributed by atoms with E-state index in [0.717, 1.165) is 17.7 Å². The van der Waals surface area contributed by atoms with Crippen LogP contribution in [0.4, 0.5) is 0 Å². The van der Waals surface area contributed by atoms with Crippen molar-refractivity contribution >= 4 is 5.91 Å². The average Bonchev–Trinajstić information content (AvgIpc) is 2.28. The highest BCUT2D eigenvalue weighted by atomic mass is 16.5. The Morgan fingerprint density at radius 3 is 2.75 bits per heavy atom. The van der Waals surface area contributed by atoms with Gasteiger partial charge in [-0.05, 0) is 31.9 Å². The normalized spacial score (nSPS) is 11.9. The van der Waals surface area contributed by atoms with Crippen LogP contribution in [0, 0.1) is 6.92 Å². The van der Waals surface area contributed by atoms with Crippen molar-refractivity contribution in [2.45, 2.75) is 33.3 Å². The Labute approximate surface area is 96.8 Å². The van der Waals surface area contributed by atoms with Gasteiger partial charge in [-0.25, -0.2) is 0 Å². The first-order valence-electron chi connectivity index (χ1n) is 5.65. The minimum Gasteiger partial charge on any atom is -0.481 e. The molecule has 0 saturated heterocycles. The Bertz CT molecular complexity index is 350. The van der Waals surface area contributed by atoms with Crippen LogP contribution >= 0.6 is 0 Å². The lowest BCUT2D eigenvalue weighted by molar-refractivity contribution is -0.127. The number of benzene rings is 1. The zero-order valence-electron chi connectivity index (χ0n) is 10.1. The van der Waals surface area contributed by atoms with Gasteiger partial charge in [-0.2, -0.15) is 0 Å². The highest BCUT2D eigenvalue weighted by Gasteiger charge is 2.14. The van der Waals surface area contributed by atoms with Crippen molar-refractivity contribution in [1.29, 1.82) is 0 Å². The first-order valence-corrected chi connectivity index (χ1v) is 5.65. The molecule has 0 fully saturated rings. The monoisotopic (exact) mass is 221 g/mol. The molecule has 0 heterocycles. The van der Waals surface area contributed by atoms with E-state index >= 15 is 0 Å². The van der Waals surface area contributed by atoms with E-state index in [1.807, 2.05) is 38.1 Å². The fraction of sp³-hybridized carbons (Fsp3) is 0.462. The molecule has 0 aliphatic rings. The second kappa shape index (κ2) is 6.16. The van der Waals surface area contributed by atoms with Crippen LogP contribution in [0.2, 0.25) is 0 Å². The Morgan fingerprint density at radius 2 is 2.12 bits per heavy atom. The molecular weight excluding hydrogens is 202 g/mol. The van der Waals surface area contributed by atoms with Gasteiger partial charge in [0.15, 0.2) is 6.10 Å². The van der Waals surface area contributed by atoms with Gasteiger partial charge >= 0.3 is 0 Å². The molecular formula is C13H19NO2. The fourth-order valence-electron chi connectivity index (χ4n) is 1.32. The number of ether oxygens (including phenoxy) is 1. The molecule has 1 rings (SSSR count). The van der Waals surface area contributed by atoms with Crippen LogP contribution in [0.15, 0.2) is 24.3 Å². The zero-order chi connectivity index (χ0) is 12.0. The number of para-hydroxylation sites is 1. The molecule has 1 atom stereocenters. The van der Waals surface area contributed by atoms with Crippen LogP contribution in [-0.2, 0) is 4.79 Å². The first kappa shape index (κ1) is 12.6. The van der Waals surface area contributed by atoms with Crippen LogP contribution in [-0.4, -0.2) is 18.6 Å². The third-order valence-corrected chi connectivity index (χ3v) is 2.32. The zero-order valence-corrected chi connectivity index (χ0v) is 10.1. The molecule has 0 bridgehead atoms. The summed E-state index contributed by atoms with van der Waals surface area (Å²) >= 11 is 0. The van der Waals surface area contributed by atoms with E-state index in [0.29, 0.717) is 6.54 Å². The predicted octanol–water partition coefficient (Wildman–Crippen LogP) is 2.29. The summed E-state index contributed by atoms with van der Waals surface area (Å²) < 4.78 is 5.59. The Hall–Kier alpha value is -1.51. The van der Waals surface area contributed by atoms with Gasteiger partial charge < -0.3 is 10.1 Å². The van der Waals surface area contributed by atoms with Gasteiger partial charge in [0.05, 0.1) is 0 Å². The van der Waals surface area contributed by atoms with E-state index in [1.165, 1.54) is 0 Å². The second-order valence-electron chi connectivity index (χ2n) is 3.82. The molecule has 1 N–H and O–H groups in total. The molecule has 1 amide bonds. The largest absolute Gasteiger partial charge is 0.481 e. The van der Waals surface area contributed by atoms with Gasteiger partial charge in [0, 0.05) is 6.54 Å². The number of rotatable bonds is 5. The highest BCUT2D eigenvalue weighted by molar-refractivity contribution is 5.80. The smallest absolute Gasteiger partial charge is 0.260 e. The van der Waals surface area contributed by atoms with E-state index in [4.69, 9.17) is 4.74 Å². The third kappa shape index (κ3) is 3.57. The van der Waals surface area contributed by atoms with E-state index < -0.39 is 6.10 Å². The number of hydrogen-bond acceptors (Lipinski definition) is 2. The van der Waals surface area contributed by atoms with Crippen molar-refractivity contribution in [2.75, 3.05) is 6.54 Å². The Morgan fingerprint density at radius 1 is 1.44 bits per heavy atom. The standard InChI is InChI=1S/C13H19NO2/c1-4-9-14-13(15)11(3)16-12-8-6-5-7-10(12)2/h5-8,11H,4,9H2,1-3H3,(H,14,15)/t11-/m1/s1. The molecule has 1 aromatic carbocycles. The molecule has 0 saturated carbocycles. The molecule has 0 aliphatic heterocycles. The molecule has 3 nitrogen and oxygen atoms in total. The van der Waals surface area contributed by atoms with E-state index in [1.54, 1.807) is 6.92 Å². The molecule has 0 aromatic heterocycles.